The molecule has 3 rings (SSSR count). The summed E-state index contributed by atoms with van der Waals surface area (Å²) >= 11 is 7.80. The van der Waals surface area contributed by atoms with Crippen molar-refractivity contribution in [2.45, 2.75) is 32.7 Å². The Morgan fingerprint density at radius 1 is 1.26 bits per heavy atom. The minimum Gasteiger partial charge on any atom is -0.357 e. The maximum absolute atomic E-state index is 6.23. The lowest BCUT2D eigenvalue weighted by Gasteiger charge is -2.33. The molecule has 124 valence electrons. The molecule has 0 saturated carbocycles. The molecule has 1 aromatic heterocycles. The lowest BCUT2D eigenvalue weighted by Crippen LogP contribution is -2.40. The van der Waals surface area contributed by atoms with Gasteiger partial charge in [-0.25, -0.2) is 0 Å². The van der Waals surface area contributed by atoms with E-state index in [1.165, 1.54) is 6.54 Å². The molecule has 6 heteroatoms. The van der Waals surface area contributed by atoms with Crippen molar-refractivity contribution < 1.29 is 0 Å². The van der Waals surface area contributed by atoms with Crippen LogP contribution >= 0.6 is 22.9 Å². The second-order valence-corrected chi connectivity index (χ2v) is 7.89. The van der Waals surface area contributed by atoms with Crippen LogP contribution in [0.1, 0.15) is 26.7 Å². The fraction of sp³-hybridized carbons (Fsp3) is 0.529. The highest BCUT2D eigenvalue weighted by molar-refractivity contribution is 7.18. The standard InChI is InChI=1S/C17H23ClN4S/c1-12(2)11-22-9-7-13(8-10-22)19-17-21-20-16(23-17)14-5-3-4-6-15(14)18/h3-6,12-13H,7-11H2,1-2H3,(H,19,21). The Labute approximate surface area is 146 Å². The third kappa shape index (κ3) is 4.43. The Balaban J connectivity index is 1.57. The van der Waals surface area contributed by atoms with Crippen molar-refractivity contribution in [3.05, 3.63) is 29.3 Å². The molecule has 2 aromatic rings. The first-order valence-corrected chi connectivity index (χ1v) is 9.38. The fourth-order valence-electron chi connectivity index (χ4n) is 2.98. The van der Waals surface area contributed by atoms with Crippen LogP contribution < -0.4 is 5.32 Å². The van der Waals surface area contributed by atoms with Gasteiger partial charge < -0.3 is 10.2 Å². The number of nitrogens with zero attached hydrogens (tertiary/aromatic N) is 3. The molecule has 1 saturated heterocycles. The van der Waals surface area contributed by atoms with Crippen LogP contribution in [0.15, 0.2) is 24.3 Å². The Morgan fingerprint density at radius 3 is 2.70 bits per heavy atom. The number of aromatic nitrogens is 2. The van der Waals surface area contributed by atoms with E-state index in [9.17, 15) is 0 Å². The zero-order valence-electron chi connectivity index (χ0n) is 13.6. The summed E-state index contributed by atoms with van der Waals surface area (Å²) in [6, 6.07) is 8.26. The summed E-state index contributed by atoms with van der Waals surface area (Å²) in [7, 11) is 0. The number of benzene rings is 1. The predicted octanol–water partition coefficient (Wildman–Crippen LogP) is 4.39. The average molecular weight is 351 g/mol. The SMILES string of the molecule is CC(C)CN1CCC(Nc2nnc(-c3ccccc3Cl)s2)CC1. The zero-order chi connectivity index (χ0) is 16.2. The van der Waals surface area contributed by atoms with E-state index < -0.39 is 0 Å². The largest absolute Gasteiger partial charge is 0.357 e. The first-order chi connectivity index (χ1) is 11.1. The van der Waals surface area contributed by atoms with Crippen LogP contribution in [0.2, 0.25) is 5.02 Å². The molecule has 1 aliphatic rings. The van der Waals surface area contributed by atoms with Crippen molar-refractivity contribution in [3.63, 3.8) is 0 Å². The highest BCUT2D eigenvalue weighted by Crippen LogP contribution is 2.32. The van der Waals surface area contributed by atoms with Gasteiger partial charge in [-0.15, -0.1) is 10.2 Å². The highest BCUT2D eigenvalue weighted by atomic mass is 35.5. The third-order valence-corrected chi connectivity index (χ3v) is 5.29. The molecule has 1 N–H and O–H groups in total. The van der Waals surface area contributed by atoms with Crippen LogP contribution in [-0.2, 0) is 0 Å². The van der Waals surface area contributed by atoms with Gasteiger partial charge in [0.2, 0.25) is 5.13 Å². The fourth-order valence-corrected chi connectivity index (χ4v) is 4.12. The number of anilines is 1. The van der Waals surface area contributed by atoms with E-state index in [1.807, 2.05) is 24.3 Å². The van der Waals surface area contributed by atoms with Crippen molar-refractivity contribution in [1.29, 1.82) is 0 Å². The summed E-state index contributed by atoms with van der Waals surface area (Å²) in [5, 5.41) is 14.6. The second-order valence-electron chi connectivity index (χ2n) is 6.51. The van der Waals surface area contributed by atoms with Gasteiger partial charge in [0.05, 0.1) is 5.02 Å². The minimum atomic E-state index is 0.491. The van der Waals surface area contributed by atoms with Gasteiger partial charge in [0.15, 0.2) is 5.01 Å². The van der Waals surface area contributed by atoms with Crippen LogP contribution in [0, 0.1) is 5.92 Å². The smallest absolute Gasteiger partial charge is 0.206 e. The topological polar surface area (TPSA) is 41.0 Å². The van der Waals surface area contributed by atoms with E-state index in [4.69, 9.17) is 11.6 Å². The Kier molecular flexibility index (Phi) is 5.51. The number of halogens is 1. The molecule has 0 radical (unpaired) electrons. The summed E-state index contributed by atoms with van der Waals surface area (Å²) < 4.78 is 0. The lowest BCUT2D eigenvalue weighted by molar-refractivity contribution is 0.198. The normalized spacial score (nSPS) is 16.9. The van der Waals surface area contributed by atoms with Gasteiger partial charge in [0.1, 0.15) is 0 Å². The number of piperidine rings is 1. The number of hydrogen-bond donors (Lipinski definition) is 1. The van der Waals surface area contributed by atoms with Crippen molar-refractivity contribution >= 4 is 28.1 Å². The summed E-state index contributed by atoms with van der Waals surface area (Å²) in [5.41, 5.74) is 0.950. The summed E-state index contributed by atoms with van der Waals surface area (Å²) in [6.45, 7) is 8.07. The molecule has 0 aliphatic carbocycles. The van der Waals surface area contributed by atoms with Gasteiger partial charge >= 0.3 is 0 Å². The Morgan fingerprint density at radius 2 is 2.00 bits per heavy atom. The molecule has 0 amide bonds. The molecule has 2 heterocycles. The highest BCUT2D eigenvalue weighted by Gasteiger charge is 2.20. The van der Waals surface area contributed by atoms with Gasteiger partial charge in [-0.2, -0.15) is 0 Å². The third-order valence-electron chi connectivity index (χ3n) is 4.07. The molecule has 0 spiro atoms. The van der Waals surface area contributed by atoms with Crippen molar-refractivity contribution in [2.24, 2.45) is 5.92 Å². The first-order valence-electron chi connectivity index (χ1n) is 8.19. The number of nitrogens with one attached hydrogen (secondary N) is 1. The molecule has 1 aromatic carbocycles. The molecule has 23 heavy (non-hydrogen) atoms. The van der Waals surface area contributed by atoms with Crippen LogP contribution in [0.25, 0.3) is 10.6 Å². The Bertz CT molecular complexity index is 635. The molecule has 1 aliphatic heterocycles. The zero-order valence-corrected chi connectivity index (χ0v) is 15.2. The first kappa shape index (κ1) is 16.7. The molecule has 4 nitrogen and oxygen atoms in total. The summed E-state index contributed by atoms with van der Waals surface area (Å²) in [5.74, 6) is 0.737. The van der Waals surface area contributed by atoms with E-state index in [-0.39, 0.29) is 0 Å². The molecule has 0 unspecified atom stereocenters. The average Bonchev–Trinajstić information content (AvgIpc) is 2.97. The summed E-state index contributed by atoms with van der Waals surface area (Å²) in [6.07, 6.45) is 2.32. The number of hydrogen-bond acceptors (Lipinski definition) is 5. The minimum absolute atomic E-state index is 0.491. The van der Waals surface area contributed by atoms with Gasteiger partial charge in [0.25, 0.3) is 0 Å². The number of rotatable bonds is 5. The Hall–Kier alpha value is -1.17. The number of likely N-dealkylation sites (tertiary alicyclic amines) is 1. The molecule has 1 fully saturated rings. The molecular formula is C17H23ClN4S. The summed E-state index contributed by atoms with van der Waals surface area (Å²) in [4.78, 5) is 2.55. The monoisotopic (exact) mass is 350 g/mol. The second kappa shape index (κ2) is 7.60. The van der Waals surface area contributed by atoms with Crippen LogP contribution in [0.5, 0.6) is 0 Å². The van der Waals surface area contributed by atoms with Crippen molar-refractivity contribution in [3.8, 4) is 10.6 Å². The van der Waals surface area contributed by atoms with Crippen LogP contribution in [0.3, 0.4) is 0 Å². The van der Waals surface area contributed by atoms with Gasteiger partial charge in [-0.05, 0) is 24.8 Å². The van der Waals surface area contributed by atoms with Gasteiger partial charge in [-0.1, -0.05) is 55.0 Å². The van der Waals surface area contributed by atoms with E-state index in [2.05, 4.69) is 34.3 Å². The van der Waals surface area contributed by atoms with E-state index >= 15 is 0 Å². The maximum atomic E-state index is 6.23. The molecule has 0 atom stereocenters. The van der Waals surface area contributed by atoms with Crippen molar-refractivity contribution in [1.82, 2.24) is 15.1 Å². The van der Waals surface area contributed by atoms with Crippen LogP contribution in [0.4, 0.5) is 5.13 Å². The maximum Gasteiger partial charge on any atom is 0.206 e. The van der Waals surface area contributed by atoms with E-state index in [0.717, 1.165) is 52.6 Å². The lowest BCUT2D eigenvalue weighted by atomic mass is 10.0. The quantitative estimate of drug-likeness (QED) is 0.868. The van der Waals surface area contributed by atoms with Crippen molar-refractivity contribution in [2.75, 3.05) is 25.0 Å². The van der Waals surface area contributed by atoms with Gasteiger partial charge in [-0.3, -0.25) is 0 Å². The molecule has 0 bridgehead atoms. The van der Waals surface area contributed by atoms with Crippen LogP contribution in [-0.4, -0.2) is 40.8 Å². The molecular weight excluding hydrogens is 328 g/mol. The van der Waals surface area contributed by atoms with E-state index in [0.29, 0.717) is 6.04 Å². The van der Waals surface area contributed by atoms with E-state index in [1.54, 1.807) is 11.3 Å². The van der Waals surface area contributed by atoms with Gasteiger partial charge in [0, 0.05) is 31.2 Å². The predicted molar refractivity (Wildman–Crippen MR) is 98.3 cm³/mol.